The van der Waals surface area contributed by atoms with Crippen molar-refractivity contribution in [2.45, 2.75) is 45.1 Å². The predicted octanol–water partition coefficient (Wildman–Crippen LogP) is 2.27. The summed E-state index contributed by atoms with van der Waals surface area (Å²) in [5, 5.41) is 9.74. The summed E-state index contributed by atoms with van der Waals surface area (Å²) < 4.78 is 5.20. The van der Waals surface area contributed by atoms with Crippen molar-refractivity contribution >= 4 is 0 Å². The van der Waals surface area contributed by atoms with Gasteiger partial charge in [-0.25, -0.2) is 0 Å². The fraction of sp³-hybridized carbons (Fsp3) is 0.818. The Kier molecular flexibility index (Phi) is 5.09. The highest BCUT2D eigenvalue weighted by atomic mass is 16.5. The Morgan fingerprint density at radius 1 is 1.46 bits per heavy atom. The van der Waals surface area contributed by atoms with Crippen molar-refractivity contribution in [1.82, 2.24) is 0 Å². The molecule has 1 rings (SSSR count). The Balaban J connectivity index is 2.34. The average Bonchev–Trinajstić information content (AvgIpc) is 2.42. The molecule has 0 saturated heterocycles. The molecule has 1 N–H and O–H groups in total. The van der Waals surface area contributed by atoms with Gasteiger partial charge in [0.15, 0.2) is 0 Å². The topological polar surface area (TPSA) is 29.5 Å². The molecule has 0 aromatic rings. The summed E-state index contributed by atoms with van der Waals surface area (Å²) in [4.78, 5) is 0. The normalized spacial score (nSPS) is 20.6. The van der Waals surface area contributed by atoms with Crippen molar-refractivity contribution in [2.24, 2.45) is 0 Å². The third-order valence-corrected chi connectivity index (χ3v) is 2.48. The maximum absolute atomic E-state index is 9.74. The molecule has 0 aromatic carbocycles. The van der Waals surface area contributed by atoms with Crippen molar-refractivity contribution in [3.05, 3.63) is 11.6 Å². The molecule has 2 heteroatoms. The zero-order valence-corrected chi connectivity index (χ0v) is 8.46. The Labute approximate surface area is 80.6 Å². The van der Waals surface area contributed by atoms with Crippen LogP contribution in [0.1, 0.15) is 39.0 Å². The van der Waals surface area contributed by atoms with Crippen LogP contribution in [0.4, 0.5) is 0 Å². The first-order chi connectivity index (χ1) is 6.34. The Morgan fingerprint density at radius 2 is 2.31 bits per heavy atom. The van der Waals surface area contributed by atoms with Crippen LogP contribution < -0.4 is 0 Å². The number of aliphatic hydroxyl groups is 1. The lowest BCUT2D eigenvalue weighted by Crippen LogP contribution is -2.17. The van der Waals surface area contributed by atoms with E-state index in [2.05, 4.69) is 6.08 Å². The number of hydrogen-bond acceptors (Lipinski definition) is 2. The van der Waals surface area contributed by atoms with Gasteiger partial charge in [-0.1, -0.05) is 12.5 Å². The van der Waals surface area contributed by atoms with Crippen LogP contribution in [-0.2, 0) is 4.74 Å². The van der Waals surface area contributed by atoms with Crippen molar-refractivity contribution in [2.75, 3.05) is 13.2 Å². The van der Waals surface area contributed by atoms with E-state index in [0.717, 1.165) is 12.8 Å². The van der Waals surface area contributed by atoms with Gasteiger partial charge in [0.25, 0.3) is 0 Å². The maximum atomic E-state index is 9.74. The smallest absolute Gasteiger partial charge is 0.0983 e. The monoisotopic (exact) mass is 184 g/mol. The predicted molar refractivity (Wildman–Crippen MR) is 53.7 cm³/mol. The zero-order valence-electron chi connectivity index (χ0n) is 8.46. The minimum atomic E-state index is -0.363. The SMILES string of the molecule is CCOCC(O)C1=CCCCCC1. The Morgan fingerprint density at radius 3 is 3.08 bits per heavy atom. The summed E-state index contributed by atoms with van der Waals surface area (Å²) in [5.74, 6) is 0. The second kappa shape index (κ2) is 6.17. The van der Waals surface area contributed by atoms with Crippen LogP contribution in [0.15, 0.2) is 11.6 Å². The minimum Gasteiger partial charge on any atom is -0.386 e. The molecule has 0 radical (unpaired) electrons. The van der Waals surface area contributed by atoms with Gasteiger partial charge in [0.1, 0.15) is 0 Å². The quantitative estimate of drug-likeness (QED) is 0.679. The number of ether oxygens (including phenoxy) is 1. The maximum Gasteiger partial charge on any atom is 0.0983 e. The largest absolute Gasteiger partial charge is 0.386 e. The Hall–Kier alpha value is -0.340. The van der Waals surface area contributed by atoms with Gasteiger partial charge in [0.05, 0.1) is 12.7 Å². The molecule has 1 aliphatic rings. The number of aliphatic hydroxyl groups excluding tert-OH is 1. The van der Waals surface area contributed by atoms with Crippen molar-refractivity contribution < 1.29 is 9.84 Å². The van der Waals surface area contributed by atoms with Gasteiger partial charge >= 0.3 is 0 Å². The van der Waals surface area contributed by atoms with E-state index in [9.17, 15) is 5.11 Å². The molecule has 0 fully saturated rings. The van der Waals surface area contributed by atoms with E-state index in [1.54, 1.807) is 0 Å². The summed E-state index contributed by atoms with van der Waals surface area (Å²) in [6.07, 6.45) is 7.78. The molecular formula is C11H20O2. The summed E-state index contributed by atoms with van der Waals surface area (Å²) >= 11 is 0. The Bertz CT molecular complexity index is 163. The zero-order chi connectivity index (χ0) is 9.52. The van der Waals surface area contributed by atoms with Gasteiger partial charge in [-0.05, 0) is 38.2 Å². The highest BCUT2D eigenvalue weighted by molar-refractivity contribution is 5.09. The van der Waals surface area contributed by atoms with Gasteiger partial charge in [-0.2, -0.15) is 0 Å². The van der Waals surface area contributed by atoms with Crippen molar-refractivity contribution in [3.63, 3.8) is 0 Å². The lowest BCUT2D eigenvalue weighted by molar-refractivity contribution is 0.0594. The summed E-state index contributed by atoms with van der Waals surface area (Å²) in [7, 11) is 0. The second-order valence-electron chi connectivity index (χ2n) is 3.55. The molecular weight excluding hydrogens is 164 g/mol. The van der Waals surface area contributed by atoms with E-state index in [1.807, 2.05) is 6.92 Å². The minimum absolute atomic E-state index is 0.363. The standard InChI is InChI=1S/C11H20O2/c1-2-13-9-11(12)10-7-5-3-4-6-8-10/h7,11-12H,2-6,8-9H2,1H3. The molecule has 0 spiro atoms. The highest BCUT2D eigenvalue weighted by Crippen LogP contribution is 2.19. The van der Waals surface area contributed by atoms with E-state index in [-0.39, 0.29) is 6.10 Å². The van der Waals surface area contributed by atoms with Crippen LogP contribution in [0.3, 0.4) is 0 Å². The molecule has 0 saturated carbocycles. The third-order valence-electron chi connectivity index (χ3n) is 2.48. The molecule has 13 heavy (non-hydrogen) atoms. The van der Waals surface area contributed by atoms with Crippen molar-refractivity contribution in [3.8, 4) is 0 Å². The third kappa shape index (κ3) is 3.92. The fourth-order valence-electron chi connectivity index (χ4n) is 1.68. The van der Waals surface area contributed by atoms with E-state index in [0.29, 0.717) is 13.2 Å². The number of rotatable bonds is 4. The molecule has 1 unspecified atom stereocenters. The van der Waals surface area contributed by atoms with Gasteiger partial charge in [-0.3, -0.25) is 0 Å². The second-order valence-corrected chi connectivity index (χ2v) is 3.55. The van der Waals surface area contributed by atoms with Gasteiger partial charge < -0.3 is 9.84 Å². The van der Waals surface area contributed by atoms with Gasteiger partial charge in [0, 0.05) is 6.61 Å². The first-order valence-electron chi connectivity index (χ1n) is 5.29. The van der Waals surface area contributed by atoms with Crippen LogP contribution in [-0.4, -0.2) is 24.4 Å². The van der Waals surface area contributed by atoms with Crippen LogP contribution in [0.2, 0.25) is 0 Å². The van der Waals surface area contributed by atoms with E-state index in [1.165, 1.54) is 24.8 Å². The van der Waals surface area contributed by atoms with E-state index < -0.39 is 0 Å². The highest BCUT2D eigenvalue weighted by Gasteiger charge is 2.11. The van der Waals surface area contributed by atoms with E-state index >= 15 is 0 Å². The fourth-order valence-corrected chi connectivity index (χ4v) is 1.68. The molecule has 76 valence electrons. The molecule has 0 heterocycles. The van der Waals surface area contributed by atoms with Crippen LogP contribution in [0.25, 0.3) is 0 Å². The van der Waals surface area contributed by atoms with Crippen LogP contribution in [0, 0.1) is 0 Å². The van der Waals surface area contributed by atoms with Gasteiger partial charge in [-0.15, -0.1) is 0 Å². The van der Waals surface area contributed by atoms with Gasteiger partial charge in [0.2, 0.25) is 0 Å². The molecule has 0 aromatic heterocycles. The number of hydrogen-bond donors (Lipinski definition) is 1. The summed E-state index contributed by atoms with van der Waals surface area (Å²) in [6.45, 7) is 3.10. The summed E-state index contributed by atoms with van der Waals surface area (Å²) in [6, 6.07) is 0. The van der Waals surface area contributed by atoms with Crippen LogP contribution in [0.5, 0.6) is 0 Å². The van der Waals surface area contributed by atoms with Crippen molar-refractivity contribution in [1.29, 1.82) is 0 Å². The molecule has 0 aliphatic heterocycles. The first-order valence-corrected chi connectivity index (χ1v) is 5.29. The molecule has 1 atom stereocenters. The molecule has 2 nitrogen and oxygen atoms in total. The lowest BCUT2D eigenvalue weighted by atomic mass is 10.1. The molecule has 0 amide bonds. The lowest BCUT2D eigenvalue weighted by Gasteiger charge is -2.13. The summed E-state index contributed by atoms with van der Waals surface area (Å²) in [5.41, 5.74) is 1.19. The first kappa shape index (κ1) is 10.7. The molecule has 0 bridgehead atoms. The molecule has 1 aliphatic carbocycles. The number of allylic oxidation sites excluding steroid dienone is 1. The van der Waals surface area contributed by atoms with E-state index in [4.69, 9.17) is 4.74 Å². The van der Waals surface area contributed by atoms with Crippen LogP contribution >= 0.6 is 0 Å². The average molecular weight is 184 g/mol.